The van der Waals surface area contributed by atoms with E-state index in [0.717, 1.165) is 61.2 Å². The number of aliphatic hydroxyl groups excluding tert-OH is 1. The second-order valence-corrected chi connectivity index (χ2v) is 8.26. The number of amides is 2. The molecule has 1 aromatic heterocycles. The lowest BCUT2D eigenvalue weighted by atomic mass is 9.92. The summed E-state index contributed by atoms with van der Waals surface area (Å²) in [5, 5.41) is 13.5. The molecule has 2 aromatic rings. The second-order valence-electron chi connectivity index (χ2n) is 8.26. The van der Waals surface area contributed by atoms with E-state index in [1.807, 2.05) is 30.2 Å². The number of hydrogen-bond donors (Lipinski definition) is 1. The summed E-state index contributed by atoms with van der Waals surface area (Å²) >= 11 is 0. The van der Waals surface area contributed by atoms with Crippen molar-refractivity contribution in [3.05, 3.63) is 30.1 Å². The highest BCUT2D eigenvalue weighted by Crippen LogP contribution is 2.43. The van der Waals surface area contributed by atoms with E-state index < -0.39 is 6.09 Å². The Kier molecular flexibility index (Phi) is 6.64. The lowest BCUT2D eigenvalue weighted by Gasteiger charge is -2.35. The Labute approximate surface area is 187 Å². The van der Waals surface area contributed by atoms with Gasteiger partial charge in [0, 0.05) is 42.0 Å². The minimum atomic E-state index is -0.416. The van der Waals surface area contributed by atoms with Crippen molar-refractivity contribution in [2.45, 2.75) is 45.2 Å². The van der Waals surface area contributed by atoms with Crippen LogP contribution in [-0.4, -0.2) is 71.2 Å². The molecule has 0 spiro atoms. The second kappa shape index (κ2) is 9.60. The van der Waals surface area contributed by atoms with Gasteiger partial charge in [-0.15, -0.1) is 0 Å². The van der Waals surface area contributed by atoms with Gasteiger partial charge in [-0.1, -0.05) is 0 Å². The summed E-state index contributed by atoms with van der Waals surface area (Å²) in [6, 6.07) is 3.78. The predicted octanol–water partition coefficient (Wildman–Crippen LogP) is 2.45. The highest BCUT2D eigenvalue weighted by Gasteiger charge is 2.32. The van der Waals surface area contributed by atoms with Crippen molar-refractivity contribution in [2.24, 2.45) is 0 Å². The topological polar surface area (TPSA) is 97.1 Å². The monoisotopic (exact) mass is 442 g/mol. The van der Waals surface area contributed by atoms with Crippen LogP contribution in [0.25, 0.3) is 11.1 Å². The quantitative estimate of drug-likeness (QED) is 0.738. The van der Waals surface area contributed by atoms with E-state index >= 15 is 0 Å². The van der Waals surface area contributed by atoms with Gasteiger partial charge in [-0.2, -0.15) is 5.10 Å². The molecule has 1 aromatic carbocycles. The first-order valence-electron chi connectivity index (χ1n) is 11.1. The van der Waals surface area contributed by atoms with Crippen LogP contribution in [0.15, 0.2) is 24.5 Å². The van der Waals surface area contributed by atoms with Gasteiger partial charge in [-0.3, -0.25) is 14.4 Å². The number of nitrogens with zero attached hydrogens (tertiary/aromatic N) is 4. The molecule has 172 valence electrons. The number of likely N-dealkylation sites (tertiary alicyclic amines) is 1. The lowest BCUT2D eigenvalue weighted by Crippen LogP contribution is -2.42. The Morgan fingerprint density at radius 3 is 2.75 bits per heavy atom. The molecule has 1 fully saturated rings. The fourth-order valence-electron chi connectivity index (χ4n) is 4.49. The maximum atomic E-state index is 12.7. The standard InChI is InChI=1S/C23H30N4O5/c1-16-5-6-19-20(27(16)23(30)31-2)8-7-18(17-13-24-26(14-17)11-12-28)22(19)32-15-21(29)25-9-3-4-10-25/h7-8,13-14,16,28H,3-6,9-12,15H2,1-2H3/t16-/m0/s1. The number of methoxy groups -OCH3 is 1. The molecule has 9 nitrogen and oxygen atoms in total. The molecule has 1 saturated heterocycles. The van der Waals surface area contributed by atoms with Gasteiger partial charge in [0.25, 0.3) is 5.91 Å². The van der Waals surface area contributed by atoms with E-state index in [-0.39, 0.29) is 25.2 Å². The van der Waals surface area contributed by atoms with Gasteiger partial charge in [0.15, 0.2) is 6.61 Å². The maximum absolute atomic E-state index is 12.7. The third kappa shape index (κ3) is 4.29. The Morgan fingerprint density at radius 2 is 2.03 bits per heavy atom. The Hall–Kier alpha value is -3.07. The first-order valence-corrected chi connectivity index (χ1v) is 11.1. The molecule has 9 heteroatoms. The zero-order valence-corrected chi connectivity index (χ0v) is 18.6. The number of benzene rings is 1. The number of aromatic nitrogens is 2. The summed E-state index contributed by atoms with van der Waals surface area (Å²) < 4.78 is 12.9. The SMILES string of the molecule is COC(=O)N1c2ccc(-c3cnn(CCO)c3)c(OCC(=O)N3CCCC3)c2CC[C@@H]1C. The zero-order valence-electron chi connectivity index (χ0n) is 18.6. The first kappa shape index (κ1) is 22.1. The molecule has 0 saturated carbocycles. The number of rotatable bonds is 6. The van der Waals surface area contributed by atoms with Gasteiger partial charge >= 0.3 is 6.09 Å². The predicted molar refractivity (Wildman–Crippen MR) is 119 cm³/mol. The lowest BCUT2D eigenvalue weighted by molar-refractivity contribution is -0.132. The largest absolute Gasteiger partial charge is 0.483 e. The summed E-state index contributed by atoms with van der Waals surface area (Å²) in [4.78, 5) is 28.6. The van der Waals surface area contributed by atoms with Crippen molar-refractivity contribution in [2.75, 3.05) is 38.3 Å². The van der Waals surface area contributed by atoms with Gasteiger partial charge < -0.3 is 19.5 Å². The highest BCUT2D eigenvalue weighted by atomic mass is 16.5. The van der Waals surface area contributed by atoms with Crippen LogP contribution in [0.2, 0.25) is 0 Å². The summed E-state index contributed by atoms with van der Waals surface area (Å²) in [5.74, 6) is 0.565. The molecular formula is C23H30N4O5. The molecular weight excluding hydrogens is 412 g/mol. The Balaban J connectivity index is 1.72. The fraction of sp³-hybridized carbons (Fsp3) is 0.522. The summed E-state index contributed by atoms with van der Waals surface area (Å²) in [5.41, 5.74) is 3.26. The average molecular weight is 443 g/mol. The number of fused-ring (bicyclic) bond motifs is 1. The van der Waals surface area contributed by atoms with Crippen molar-refractivity contribution in [3.63, 3.8) is 0 Å². The average Bonchev–Trinajstić information content (AvgIpc) is 3.49. The molecule has 32 heavy (non-hydrogen) atoms. The van der Waals surface area contributed by atoms with Crippen LogP contribution in [0.4, 0.5) is 10.5 Å². The number of carbonyl (C=O) groups excluding carboxylic acids is 2. The van der Waals surface area contributed by atoms with Crippen LogP contribution in [0.1, 0.15) is 31.7 Å². The summed E-state index contributed by atoms with van der Waals surface area (Å²) in [7, 11) is 1.37. The Morgan fingerprint density at radius 1 is 1.25 bits per heavy atom. The summed E-state index contributed by atoms with van der Waals surface area (Å²) in [6.45, 7) is 3.85. The van der Waals surface area contributed by atoms with Gasteiger partial charge in [-0.05, 0) is 44.7 Å². The third-order valence-corrected chi connectivity index (χ3v) is 6.19. The number of ether oxygens (including phenoxy) is 2. The van der Waals surface area contributed by atoms with Crippen LogP contribution in [-0.2, 0) is 22.5 Å². The van der Waals surface area contributed by atoms with Gasteiger partial charge in [0.05, 0.1) is 32.1 Å². The van der Waals surface area contributed by atoms with Crippen molar-refractivity contribution < 1.29 is 24.2 Å². The number of hydrogen-bond acceptors (Lipinski definition) is 6. The third-order valence-electron chi connectivity index (χ3n) is 6.19. The van der Waals surface area contributed by atoms with Crippen LogP contribution in [0, 0.1) is 0 Å². The maximum Gasteiger partial charge on any atom is 0.414 e. The molecule has 0 unspecified atom stereocenters. The Bertz CT molecular complexity index is 983. The van der Waals surface area contributed by atoms with Crippen LogP contribution in [0.5, 0.6) is 5.75 Å². The van der Waals surface area contributed by atoms with Crippen molar-refractivity contribution in [3.8, 4) is 16.9 Å². The molecule has 2 aliphatic heterocycles. The fourth-order valence-corrected chi connectivity index (χ4v) is 4.49. The van der Waals surface area contributed by atoms with Crippen molar-refractivity contribution in [1.82, 2.24) is 14.7 Å². The number of anilines is 1. The molecule has 0 aliphatic carbocycles. The van der Waals surface area contributed by atoms with Gasteiger partial charge in [0.2, 0.25) is 0 Å². The highest BCUT2D eigenvalue weighted by molar-refractivity contribution is 5.92. The minimum Gasteiger partial charge on any atom is -0.483 e. The van der Waals surface area contributed by atoms with E-state index in [4.69, 9.17) is 9.47 Å². The van der Waals surface area contributed by atoms with Crippen molar-refractivity contribution >= 4 is 17.7 Å². The molecule has 0 bridgehead atoms. The molecule has 1 N–H and O–H groups in total. The van der Waals surface area contributed by atoms with E-state index in [1.165, 1.54) is 7.11 Å². The zero-order chi connectivity index (χ0) is 22.7. The van der Waals surface area contributed by atoms with Crippen LogP contribution < -0.4 is 9.64 Å². The van der Waals surface area contributed by atoms with Crippen LogP contribution >= 0.6 is 0 Å². The van der Waals surface area contributed by atoms with E-state index in [0.29, 0.717) is 12.3 Å². The van der Waals surface area contributed by atoms with Crippen LogP contribution in [0.3, 0.4) is 0 Å². The smallest absolute Gasteiger partial charge is 0.414 e. The molecule has 3 heterocycles. The molecule has 2 amide bonds. The van der Waals surface area contributed by atoms with E-state index in [1.54, 1.807) is 15.8 Å². The van der Waals surface area contributed by atoms with Gasteiger partial charge in [0.1, 0.15) is 5.75 Å². The van der Waals surface area contributed by atoms with E-state index in [9.17, 15) is 14.7 Å². The van der Waals surface area contributed by atoms with Crippen molar-refractivity contribution in [1.29, 1.82) is 0 Å². The van der Waals surface area contributed by atoms with Gasteiger partial charge in [-0.25, -0.2) is 4.79 Å². The molecule has 2 aliphatic rings. The minimum absolute atomic E-state index is 0.00723. The molecule has 0 radical (unpaired) electrons. The van der Waals surface area contributed by atoms with E-state index in [2.05, 4.69) is 5.10 Å². The first-order chi connectivity index (χ1) is 15.5. The number of carbonyl (C=O) groups is 2. The summed E-state index contributed by atoms with van der Waals surface area (Å²) in [6.07, 6.45) is 6.66. The normalized spacial score (nSPS) is 17.9. The molecule has 1 atom stereocenters. The molecule has 4 rings (SSSR count). The number of aliphatic hydroxyl groups is 1.